The van der Waals surface area contributed by atoms with Crippen molar-refractivity contribution >= 4 is 11.6 Å². The summed E-state index contributed by atoms with van der Waals surface area (Å²) in [6.45, 7) is 8.40. The van der Waals surface area contributed by atoms with E-state index < -0.39 is 0 Å². The van der Waals surface area contributed by atoms with E-state index in [1.807, 2.05) is 18.5 Å². The molecule has 0 saturated heterocycles. The minimum Gasteiger partial charge on any atom is -0.465 e. The van der Waals surface area contributed by atoms with Crippen LogP contribution >= 0.6 is 11.6 Å². The monoisotopic (exact) mass is 267 g/mol. The summed E-state index contributed by atoms with van der Waals surface area (Å²) in [6.07, 6.45) is 1.67. The maximum absolute atomic E-state index is 5.99. The smallest absolute Gasteiger partial charge is 0.118 e. The minimum absolute atomic E-state index is 0.694. The maximum atomic E-state index is 5.99. The fraction of sp³-hybridized carbons (Fsp3) is 0.462. The van der Waals surface area contributed by atoms with Gasteiger partial charge in [0.15, 0.2) is 0 Å². The van der Waals surface area contributed by atoms with Crippen LogP contribution in [0.15, 0.2) is 16.7 Å². The van der Waals surface area contributed by atoms with Gasteiger partial charge in [-0.05, 0) is 26.5 Å². The van der Waals surface area contributed by atoms with E-state index in [-0.39, 0.29) is 0 Å². The Labute approximate surface area is 112 Å². The predicted molar refractivity (Wildman–Crippen MR) is 71.9 cm³/mol. The van der Waals surface area contributed by atoms with Crippen molar-refractivity contribution in [3.05, 3.63) is 40.1 Å². The number of hydrogen-bond acceptors (Lipinski definition) is 3. The average molecular weight is 268 g/mol. The number of halogens is 1. The number of aromatic nitrogens is 2. The van der Waals surface area contributed by atoms with Gasteiger partial charge >= 0.3 is 0 Å². The van der Waals surface area contributed by atoms with Crippen LogP contribution in [-0.2, 0) is 13.1 Å². The molecule has 2 rings (SSSR count). The normalized spacial score (nSPS) is 11.1. The van der Waals surface area contributed by atoms with Gasteiger partial charge < -0.3 is 9.73 Å². The largest absolute Gasteiger partial charge is 0.465 e. The Morgan fingerprint density at radius 3 is 2.83 bits per heavy atom. The first kappa shape index (κ1) is 13.2. The highest BCUT2D eigenvalue weighted by molar-refractivity contribution is 6.31. The highest BCUT2D eigenvalue weighted by Crippen LogP contribution is 2.19. The standard InChI is InChI=1S/C13H18ClN3O/c1-4-15-6-12-5-11(10(3)18-12)8-17-9(2)13(14)7-16-17/h5,7,15H,4,6,8H2,1-3H3. The van der Waals surface area contributed by atoms with Gasteiger partial charge in [-0.1, -0.05) is 18.5 Å². The van der Waals surface area contributed by atoms with Crippen molar-refractivity contribution in [2.24, 2.45) is 0 Å². The first-order valence-corrected chi connectivity index (χ1v) is 6.46. The van der Waals surface area contributed by atoms with Crippen molar-refractivity contribution in [1.82, 2.24) is 15.1 Å². The van der Waals surface area contributed by atoms with Crippen molar-refractivity contribution in [1.29, 1.82) is 0 Å². The molecular weight excluding hydrogens is 250 g/mol. The zero-order valence-corrected chi connectivity index (χ0v) is 11.7. The molecule has 0 aliphatic rings. The van der Waals surface area contributed by atoms with Crippen molar-refractivity contribution in [2.45, 2.75) is 33.9 Å². The number of nitrogens with zero attached hydrogens (tertiary/aromatic N) is 2. The Hall–Kier alpha value is -1.26. The molecule has 0 bridgehead atoms. The SMILES string of the molecule is CCNCc1cc(Cn2ncc(Cl)c2C)c(C)o1. The Balaban J connectivity index is 2.14. The lowest BCUT2D eigenvalue weighted by Gasteiger charge is -2.02. The quantitative estimate of drug-likeness (QED) is 0.906. The van der Waals surface area contributed by atoms with E-state index in [4.69, 9.17) is 16.0 Å². The molecule has 4 nitrogen and oxygen atoms in total. The molecule has 0 fully saturated rings. The van der Waals surface area contributed by atoms with Crippen molar-refractivity contribution in [3.8, 4) is 0 Å². The highest BCUT2D eigenvalue weighted by atomic mass is 35.5. The predicted octanol–water partition coefficient (Wildman–Crippen LogP) is 2.90. The zero-order valence-electron chi connectivity index (χ0n) is 11.0. The lowest BCUT2D eigenvalue weighted by Crippen LogP contribution is -2.10. The van der Waals surface area contributed by atoms with Crippen molar-refractivity contribution in [3.63, 3.8) is 0 Å². The van der Waals surface area contributed by atoms with Gasteiger partial charge in [0.25, 0.3) is 0 Å². The van der Waals surface area contributed by atoms with E-state index in [9.17, 15) is 0 Å². The molecule has 98 valence electrons. The number of furan rings is 1. The van der Waals surface area contributed by atoms with Crippen LogP contribution in [0.25, 0.3) is 0 Å². The molecular formula is C13H18ClN3O. The van der Waals surface area contributed by atoms with Crippen LogP contribution in [0.3, 0.4) is 0 Å². The van der Waals surface area contributed by atoms with Gasteiger partial charge in [-0.3, -0.25) is 4.68 Å². The third kappa shape index (κ3) is 2.76. The first-order chi connectivity index (χ1) is 8.61. The molecule has 0 aliphatic heterocycles. The van der Waals surface area contributed by atoms with E-state index in [2.05, 4.69) is 23.4 Å². The van der Waals surface area contributed by atoms with Gasteiger partial charge in [0.05, 0.1) is 30.0 Å². The molecule has 0 spiro atoms. The van der Waals surface area contributed by atoms with Crippen LogP contribution in [0.4, 0.5) is 0 Å². The van der Waals surface area contributed by atoms with Crippen molar-refractivity contribution in [2.75, 3.05) is 6.54 Å². The van der Waals surface area contributed by atoms with Gasteiger partial charge in [0.1, 0.15) is 11.5 Å². The molecule has 2 aromatic heterocycles. The summed E-state index contributed by atoms with van der Waals surface area (Å²) in [4.78, 5) is 0. The third-order valence-electron chi connectivity index (χ3n) is 2.98. The van der Waals surface area contributed by atoms with Gasteiger partial charge in [-0.2, -0.15) is 5.10 Å². The minimum atomic E-state index is 0.694. The van der Waals surface area contributed by atoms with Crippen LogP contribution < -0.4 is 5.32 Å². The lowest BCUT2D eigenvalue weighted by atomic mass is 10.2. The molecule has 18 heavy (non-hydrogen) atoms. The molecule has 2 heterocycles. The van der Waals surface area contributed by atoms with Crippen molar-refractivity contribution < 1.29 is 4.42 Å². The summed E-state index contributed by atoms with van der Waals surface area (Å²) in [6, 6.07) is 2.08. The van der Waals surface area contributed by atoms with Crippen LogP contribution in [0.5, 0.6) is 0 Å². The van der Waals surface area contributed by atoms with Gasteiger partial charge in [0, 0.05) is 5.56 Å². The average Bonchev–Trinajstić information content (AvgIpc) is 2.85. The molecule has 0 unspecified atom stereocenters. The molecule has 5 heteroatoms. The maximum Gasteiger partial charge on any atom is 0.118 e. The molecule has 2 aromatic rings. The zero-order chi connectivity index (χ0) is 13.1. The molecule has 0 aromatic carbocycles. The number of aryl methyl sites for hydroxylation is 1. The summed E-state index contributed by atoms with van der Waals surface area (Å²) < 4.78 is 7.59. The Bertz CT molecular complexity index is 530. The van der Waals surface area contributed by atoms with Crippen LogP contribution in [0, 0.1) is 13.8 Å². The number of nitrogens with one attached hydrogen (secondary N) is 1. The second-order valence-corrected chi connectivity index (χ2v) is 4.72. The Morgan fingerprint density at radius 1 is 1.44 bits per heavy atom. The fourth-order valence-electron chi connectivity index (χ4n) is 1.82. The second-order valence-electron chi connectivity index (χ2n) is 4.31. The van der Waals surface area contributed by atoms with E-state index in [0.717, 1.165) is 35.9 Å². The summed E-state index contributed by atoms with van der Waals surface area (Å²) in [7, 11) is 0. The Morgan fingerprint density at radius 2 is 2.22 bits per heavy atom. The van der Waals surface area contributed by atoms with E-state index in [1.165, 1.54) is 0 Å². The summed E-state index contributed by atoms with van der Waals surface area (Å²) >= 11 is 5.99. The molecule has 0 amide bonds. The fourth-order valence-corrected chi connectivity index (χ4v) is 1.97. The topological polar surface area (TPSA) is 43.0 Å². The number of hydrogen-bond donors (Lipinski definition) is 1. The molecule has 0 atom stereocenters. The molecule has 1 N–H and O–H groups in total. The molecule has 0 saturated carbocycles. The summed E-state index contributed by atoms with van der Waals surface area (Å²) in [5.74, 6) is 1.90. The van der Waals surface area contributed by atoms with Gasteiger partial charge in [-0.25, -0.2) is 0 Å². The number of rotatable bonds is 5. The summed E-state index contributed by atoms with van der Waals surface area (Å²) in [5.41, 5.74) is 2.12. The van der Waals surface area contributed by atoms with Crippen LogP contribution in [0.1, 0.15) is 29.7 Å². The van der Waals surface area contributed by atoms with Gasteiger partial charge in [0.2, 0.25) is 0 Å². The lowest BCUT2D eigenvalue weighted by molar-refractivity contribution is 0.462. The molecule has 0 radical (unpaired) electrons. The third-order valence-corrected chi connectivity index (χ3v) is 3.36. The van der Waals surface area contributed by atoms with Crippen LogP contribution in [0.2, 0.25) is 5.02 Å². The van der Waals surface area contributed by atoms with E-state index >= 15 is 0 Å². The Kier molecular flexibility index (Phi) is 4.09. The van der Waals surface area contributed by atoms with Crippen LogP contribution in [-0.4, -0.2) is 16.3 Å². The van der Waals surface area contributed by atoms with E-state index in [0.29, 0.717) is 11.6 Å². The second kappa shape index (κ2) is 5.59. The highest BCUT2D eigenvalue weighted by Gasteiger charge is 2.10. The van der Waals surface area contributed by atoms with Gasteiger partial charge in [-0.15, -0.1) is 0 Å². The van der Waals surface area contributed by atoms with E-state index in [1.54, 1.807) is 6.20 Å². The molecule has 0 aliphatic carbocycles. The first-order valence-electron chi connectivity index (χ1n) is 6.08. The summed E-state index contributed by atoms with van der Waals surface area (Å²) in [5, 5.41) is 8.20.